The zero-order valence-corrected chi connectivity index (χ0v) is 10.3. The molecule has 0 spiro atoms. The minimum absolute atomic E-state index is 0.00454. The molecule has 6 nitrogen and oxygen atoms in total. The third-order valence-electron chi connectivity index (χ3n) is 2.30. The second-order valence-electron chi connectivity index (χ2n) is 3.50. The van der Waals surface area contributed by atoms with Gasteiger partial charge in [0.15, 0.2) is 0 Å². The van der Waals surface area contributed by atoms with Crippen LogP contribution < -0.4 is 10.7 Å². The zero-order valence-electron chi connectivity index (χ0n) is 10.3. The molecule has 0 radical (unpaired) electrons. The Balaban J connectivity index is 3.34. The number of hydrogen-bond donors (Lipinski definition) is 2. The number of benzene rings is 1. The highest BCUT2D eigenvalue weighted by atomic mass is 19.1. The van der Waals surface area contributed by atoms with Crippen molar-refractivity contribution >= 4 is 18.4 Å². The van der Waals surface area contributed by atoms with Crippen molar-refractivity contribution in [1.82, 2.24) is 0 Å². The van der Waals surface area contributed by atoms with Crippen molar-refractivity contribution in [1.29, 1.82) is 0 Å². The van der Waals surface area contributed by atoms with Crippen LogP contribution in [0.25, 0.3) is 0 Å². The summed E-state index contributed by atoms with van der Waals surface area (Å²) in [5.74, 6) is -1.93. The minimum Gasteiger partial charge on any atom is -0.477 e. The predicted molar refractivity (Wildman–Crippen MR) is 69.2 cm³/mol. The van der Waals surface area contributed by atoms with E-state index in [1.165, 1.54) is 25.3 Å². The summed E-state index contributed by atoms with van der Waals surface area (Å²) < 4.78 is 18.6. The Morgan fingerprint density at radius 3 is 2.68 bits per heavy atom. The molecule has 0 fully saturated rings. The number of aliphatic carboxylic acids is 1. The van der Waals surface area contributed by atoms with Crippen LogP contribution in [-0.2, 0) is 9.53 Å². The molecule has 0 aliphatic rings. The quantitative estimate of drug-likeness (QED) is 0.458. The molecule has 0 unspecified atom stereocenters. The van der Waals surface area contributed by atoms with Crippen LogP contribution in [0.3, 0.4) is 0 Å². The molecule has 0 aromatic heterocycles. The SMILES string of the molecule is C=NN(/C(COC)=C(\N)C(=O)O)c1ccccc1F. The highest BCUT2D eigenvalue weighted by Gasteiger charge is 2.20. The summed E-state index contributed by atoms with van der Waals surface area (Å²) in [6, 6.07) is 5.72. The van der Waals surface area contributed by atoms with Crippen molar-refractivity contribution < 1.29 is 19.0 Å². The third-order valence-corrected chi connectivity index (χ3v) is 2.30. The van der Waals surface area contributed by atoms with Crippen LogP contribution in [-0.4, -0.2) is 31.5 Å². The van der Waals surface area contributed by atoms with E-state index in [0.717, 1.165) is 5.01 Å². The summed E-state index contributed by atoms with van der Waals surface area (Å²) in [4.78, 5) is 10.9. The topological polar surface area (TPSA) is 88.1 Å². The van der Waals surface area contributed by atoms with Crippen LogP contribution in [0.2, 0.25) is 0 Å². The summed E-state index contributed by atoms with van der Waals surface area (Å²) in [6.45, 7) is 3.15. The second kappa shape index (κ2) is 6.50. The largest absolute Gasteiger partial charge is 0.477 e. The van der Waals surface area contributed by atoms with Gasteiger partial charge in [0.2, 0.25) is 0 Å². The maximum absolute atomic E-state index is 13.7. The lowest BCUT2D eigenvalue weighted by Gasteiger charge is -2.22. The fourth-order valence-corrected chi connectivity index (χ4v) is 1.44. The van der Waals surface area contributed by atoms with Gasteiger partial charge in [-0.15, -0.1) is 0 Å². The molecule has 102 valence electrons. The lowest BCUT2D eigenvalue weighted by molar-refractivity contribution is -0.132. The van der Waals surface area contributed by atoms with Crippen LogP contribution in [0, 0.1) is 5.82 Å². The minimum atomic E-state index is -1.35. The van der Waals surface area contributed by atoms with Gasteiger partial charge >= 0.3 is 5.97 Å². The molecule has 0 atom stereocenters. The fourth-order valence-electron chi connectivity index (χ4n) is 1.44. The van der Waals surface area contributed by atoms with E-state index in [1.807, 2.05) is 0 Å². The van der Waals surface area contributed by atoms with Gasteiger partial charge in [-0.3, -0.25) is 0 Å². The van der Waals surface area contributed by atoms with E-state index in [2.05, 4.69) is 11.8 Å². The Kier molecular flexibility index (Phi) is 5.01. The van der Waals surface area contributed by atoms with Gasteiger partial charge in [0.05, 0.1) is 12.3 Å². The van der Waals surface area contributed by atoms with Gasteiger partial charge in [-0.25, -0.2) is 14.2 Å². The number of halogens is 1. The van der Waals surface area contributed by atoms with Crippen LogP contribution in [0.1, 0.15) is 0 Å². The van der Waals surface area contributed by atoms with Gasteiger partial charge in [0, 0.05) is 13.8 Å². The number of rotatable bonds is 6. The molecule has 0 saturated carbocycles. The molecule has 3 N–H and O–H groups in total. The summed E-state index contributed by atoms with van der Waals surface area (Å²) in [5.41, 5.74) is 5.00. The van der Waals surface area contributed by atoms with Gasteiger partial charge in [-0.05, 0) is 12.1 Å². The van der Waals surface area contributed by atoms with E-state index >= 15 is 0 Å². The number of carboxylic acid groups (broad SMARTS) is 1. The van der Waals surface area contributed by atoms with Crippen molar-refractivity contribution in [3.63, 3.8) is 0 Å². The van der Waals surface area contributed by atoms with Gasteiger partial charge < -0.3 is 15.6 Å². The van der Waals surface area contributed by atoms with Gasteiger partial charge in [-0.2, -0.15) is 5.10 Å². The van der Waals surface area contributed by atoms with Crippen LogP contribution >= 0.6 is 0 Å². The predicted octanol–water partition coefficient (Wildman–Crippen LogP) is 1.15. The molecular weight excluding hydrogens is 253 g/mol. The Labute approximate surface area is 109 Å². The summed E-state index contributed by atoms with van der Waals surface area (Å²) in [5, 5.41) is 13.5. The normalized spacial score (nSPS) is 11.7. The lowest BCUT2D eigenvalue weighted by atomic mass is 10.2. The number of nitrogens with zero attached hydrogens (tertiary/aromatic N) is 2. The monoisotopic (exact) mass is 267 g/mol. The lowest BCUT2D eigenvalue weighted by Crippen LogP contribution is -2.27. The number of anilines is 1. The van der Waals surface area contributed by atoms with Crippen LogP contribution in [0.4, 0.5) is 10.1 Å². The summed E-state index contributed by atoms with van der Waals surface area (Å²) in [6.07, 6.45) is 0. The number of carboxylic acids is 1. The Morgan fingerprint density at radius 2 is 2.21 bits per heavy atom. The number of hydrazone groups is 1. The first-order chi connectivity index (χ1) is 9.02. The molecule has 0 amide bonds. The van der Waals surface area contributed by atoms with Gasteiger partial charge in [-0.1, -0.05) is 12.1 Å². The van der Waals surface area contributed by atoms with Crippen molar-refractivity contribution in [3.8, 4) is 0 Å². The number of para-hydroxylation sites is 1. The molecular formula is C12H14FN3O3. The maximum Gasteiger partial charge on any atom is 0.353 e. The van der Waals surface area contributed by atoms with E-state index < -0.39 is 17.5 Å². The molecule has 7 heteroatoms. The Hall–Kier alpha value is -2.41. The molecule has 0 bridgehead atoms. The second-order valence-corrected chi connectivity index (χ2v) is 3.50. The molecule has 1 aromatic rings. The van der Waals surface area contributed by atoms with E-state index in [4.69, 9.17) is 15.6 Å². The highest BCUT2D eigenvalue weighted by Crippen LogP contribution is 2.24. The van der Waals surface area contributed by atoms with Crippen molar-refractivity contribution in [3.05, 3.63) is 41.5 Å². The highest BCUT2D eigenvalue weighted by molar-refractivity contribution is 5.87. The smallest absolute Gasteiger partial charge is 0.353 e. The fraction of sp³-hybridized carbons (Fsp3) is 0.167. The molecule has 0 aliphatic heterocycles. The van der Waals surface area contributed by atoms with E-state index in [0.29, 0.717) is 0 Å². The number of ether oxygens (including phenoxy) is 1. The number of carbonyl (C=O) groups is 1. The average Bonchev–Trinajstić information content (AvgIpc) is 2.39. The Bertz CT molecular complexity index is 517. The first-order valence-corrected chi connectivity index (χ1v) is 5.25. The maximum atomic E-state index is 13.7. The van der Waals surface area contributed by atoms with Crippen LogP contribution in [0.5, 0.6) is 0 Å². The third kappa shape index (κ3) is 3.29. The standard InChI is InChI=1S/C12H14FN3O3/c1-15-16(9-6-4-3-5-8(9)13)10(7-19-2)11(14)12(17)18/h3-6H,1,7,14H2,2H3,(H,17,18)/b11-10-. The van der Waals surface area contributed by atoms with Gasteiger partial charge in [0.25, 0.3) is 0 Å². The van der Waals surface area contributed by atoms with E-state index in [1.54, 1.807) is 6.07 Å². The molecule has 1 aromatic carbocycles. The Morgan fingerprint density at radius 1 is 1.58 bits per heavy atom. The first kappa shape index (κ1) is 14.7. The molecule has 0 aliphatic carbocycles. The van der Waals surface area contributed by atoms with E-state index in [-0.39, 0.29) is 18.0 Å². The van der Waals surface area contributed by atoms with Crippen molar-refractivity contribution in [2.45, 2.75) is 0 Å². The van der Waals surface area contributed by atoms with Crippen molar-refractivity contribution in [2.24, 2.45) is 10.8 Å². The molecule has 1 rings (SSSR count). The number of hydrogen-bond acceptors (Lipinski definition) is 5. The van der Waals surface area contributed by atoms with E-state index in [9.17, 15) is 9.18 Å². The molecule has 0 saturated heterocycles. The first-order valence-electron chi connectivity index (χ1n) is 5.25. The average molecular weight is 267 g/mol. The number of methoxy groups -OCH3 is 1. The van der Waals surface area contributed by atoms with Crippen LogP contribution in [0.15, 0.2) is 40.8 Å². The number of nitrogens with two attached hydrogens (primary N) is 1. The zero-order chi connectivity index (χ0) is 14.4. The summed E-state index contributed by atoms with van der Waals surface area (Å²) >= 11 is 0. The molecule has 19 heavy (non-hydrogen) atoms. The summed E-state index contributed by atoms with van der Waals surface area (Å²) in [7, 11) is 1.36. The molecule has 0 heterocycles. The van der Waals surface area contributed by atoms with Gasteiger partial charge in [0.1, 0.15) is 17.2 Å². The van der Waals surface area contributed by atoms with Crippen molar-refractivity contribution in [2.75, 3.05) is 18.7 Å².